The van der Waals surface area contributed by atoms with Crippen LogP contribution in [0.4, 0.5) is 5.69 Å². The number of hydrogen-bond donors (Lipinski definition) is 1. The lowest BCUT2D eigenvalue weighted by Gasteiger charge is -2.03. The van der Waals surface area contributed by atoms with E-state index in [-0.39, 0.29) is 5.91 Å². The van der Waals surface area contributed by atoms with Crippen molar-refractivity contribution in [2.45, 2.75) is 26.9 Å². The first-order valence-electron chi connectivity index (χ1n) is 7.67. The molecule has 1 amide bonds. The average Bonchev–Trinajstić information content (AvgIpc) is 3.13. The fraction of sp³-hybridized carbons (Fsp3) is 0.235. The van der Waals surface area contributed by atoms with Gasteiger partial charge in [0.05, 0.1) is 30.2 Å². The second kappa shape index (κ2) is 6.88. The highest BCUT2D eigenvalue weighted by molar-refractivity contribution is 6.30. The number of aryl methyl sites for hydroxylation is 1. The molecule has 0 unspecified atom stereocenters. The second-order valence-corrected chi connectivity index (χ2v) is 5.91. The lowest BCUT2D eigenvalue weighted by molar-refractivity contribution is 0.102. The Kier molecular flexibility index (Phi) is 4.66. The zero-order valence-electron chi connectivity index (χ0n) is 13.5. The summed E-state index contributed by atoms with van der Waals surface area (Å²) in [5.41, 5.74) is 3.11. The van der Waals surface area contributed by atoms with Crippen molar-refractivity contribution in [3.63, 3.8) is 0 Å². The van der Waals surface area contributed by atoms with Gasteiger partial charge in [0.1, 0.15) is 0 Å². The van der Waals surface area contributed by atoms with Crippen LogP contribution in [-0.4, -0.2) is 25.5 Å². The van der Waals surface area contributed by atoms with Gasteiger partial charge in [-0.2, -0.15) is 10.2 Å². The fourth-order valence-electron chi connectivity index (χ4n) is 2.52. The molecule has 0 aliphatic rings. The first-order valence-corrected chi connectivity index (χ1v) is 8.05. The third kappa shape index (κ3) is 3.49. The van der Waals surface area contributed by atoms with E-state index in [0.717, 1.165) is 17.8 Å². The Bertz CT molecular complexity index is 868. The number of carbonyl (C=O) groups is 1. The fourth-order valence-corrected chi connectivity index (χ4v) is 2.74. The molecule has 0 bridgehead atoms. The van der Waals surface area contributed by atoms with Crippen molar-refractivity contribution in [2.75, 3.05) is 5.32 Å². The molecule has 0 atom stereocenters. The Morgan fingerprint density at radius 1 is 1.29 bits per heavy atom. The molecule has 0 fully saturated rings. The van der Waals surface area contributed by atoms with Crippen LogP contribution in [0, 0.1) is 6.92 Å². The lowest BCUT2D eigenvalue weighted by atomic mass is 10.2. The number of nitrogens with zero attached hydrogens (tertiary/aromatic N) is 4. The van der Waals surface area contributed by atoms with E-state index in [0.29, 0.717) is 22.8 Å². The van der Waals surface area contributed by atoms with Gasteiger partial charge in [-0.05, 0) is 31.5 Å². The molecule has 6 nitrogen and oxygen atoms in total. The standard InChI is InChI=1S/C17H18ClN5O/c1-3-23-12(2)16(9-20-23)17(24)21-15-8-19-22(11-15)10-13-5-4-6-14(18)7-13/h4-9,11H,3,10H2,1-2H3,(H,21,24). The summed E-state index contributed by atoms with van der Waals surface area (Å²) in [7, 11) is 0. The maximum absolute atomic E-state index is 12.4. The van der Waals surface area contributed by atoms with Gasteiger partial charge >= 0.3 is 0 Å². The van der Waals surface area contributed by atoms with Gasteiger partial charge in [-0.3, -0.25) is 14.2 Å². The van der Waals surface area contributed by atoms with E-state index in [1.807, 2.05) is 38.1 Å². The number of anilines is 1. The molecule has 2 aromatic heterocycles. The van der Waals surface area contributed by atoms with Crippen LogP contribution < -0.4 is 5.32 Å². The highest BCUT2D eigenvalue weighted by Crippen LogP contribution is 2.14. The normalized spacial score (nSPS) is 10.8. The van der Waals surface area contributed by atoms with Crippen LogP contribution in [0.3, 0.4) is 0 Å². The molecule has 0 saturated heterocycles. The monoisotopic (exact) mass is 343 g/mol. The molecule has 3 rings (SSSR count). The summed E-state index contributed by atoms with van der Waals surface area (Å²) >= 11 is 5.99. The van der Waals surface area contributed by atoms with Crippen LogP contribution in [0.5, 0.6) is 0 Å². The van der Waals surface area contributed by atoms with Crippen molar-refractivity contribution in [1.29, 1.82) is 0 Å². The maximum Gasteiger partial charge on any atom is 0.259 e. The van der Waals surface area contributed by atoms with Crippen molar-refractivity contribution in [2.24, 2.45) is 0 Å². The molecule has 0 radical (unpaired) electrons. The smallest absolute Gasteiger partial charge is 0.259 e. The van der Waals surface area contributed by atoms with Crippen molar-refractivity contribution < 1.29 is 4.79 Å². The minimum absolute atomic E-state index is 0.186. The minimum Gasteiger partial charge on any atom is -0.319 e. The predicted octanol–water partition coefficient (Wildman–Crippen LogP) is 3.36. The Balaban J connectivity index is 1.69. The Labute approximate surface area is 145 Å². The number of benzene rings is 1. The van der Waals surface area contributed by atoms with Crippen LogP contribution in [0.1, 0.15) is 28.5 Å². The second-order valence-electron chi connectivity index (χ2n) is 5.47. The van der Waals surface area contributed by atoms with Crippen molar-refractivity contribution in [3.8, 4) is 0 Å². The topological polar surface area (TPSA) is 64.7 Å². The molecule has 0 aliphatic carbocycles. The van der Waals surface area contributed by atoms with Gasteiger partial charge in [0.15, 0.2) is 0 Å². The maximum atomic E-state index is 12.4. The first kappa shape index (κ1) is 16.3. The zero-order chi connectivity index (χ0) is 17.1. The first-order chi connectivity index (χ1) is 11.6. The third-order valence-corrected chi connectivity index (χ3v) is 4.01. The van der Waals surface area contributed by atoms with Crippen LogP contribution in [-0.2, 0) is 13.1 Å². The van der Waals surface area contributed by atoms with E-state index in [1.54, 1.807) is 28.0 Å². The molecule has 7 heteroatoms. The van der Waals surface area contributed by atoms with Crippen LogP contribution in [0.15, 0.2) is 42.9 Å². The molecule has 1 aromatic carbocycles. The molecule has 1 N–H and O–H groups in total. The molecule has 0 aliphatic heterocycles. The minimum atomic E-state index is -0.186. The predicted molar refractivity (Wildman–Crippen MR) is 93.4 cm³/mol. The van der Waals surface area contributed by atoms with E-state index in [4.69, 9.17) is 11.6 Å². The number of rotatable bonds is 5. The van der Waals surface area contributed by atoms with Gasteiger partial charge in [0.25, 0.3) is 5.91 Å². The SMILES string of the molecule is CCn1ncc(C(=O)Nc2cnn(Cc3cccc(Cl)c3)c2)c1C. The van der Waals surface area contributed by atoms with Gasteiger partial charge in [0, 0.05) is 23.5 Å². The lowest BCUT2D eigenvalue weighted by Crippen LogP contribution is -2.13. The quantitative estimate of drug-likeness (QED) is 0.772. The summed E-state index contributed by atoms with van der Waals surface area (Å²) in [5, 5.41) is 12.0. The van der Waals surface area contributed by atoms with Crippen molar-refractivity contribution in [1.82, 2.24) is 19.6 Å². The summed E-state index contributed by atoms with van der Waals surface area (Å²) in [6, 6.07) is 7.61. The summed E-state index contributed by atoms with van der Waals surface area (Å²) < 4.78 is 3.54. The summed E-state index contributed by atoms with van der Waals surface area (Å²) in [4.78, 5) is 12.4. The number of carbonyl (C=O) groups excluding carboxylic acids is 1. The van der Waals surface area contributed by atoms with Crippen LogP contribution in [0.25, 0.3) is 0 Å². The molecule has 124 valence electrons. The van der Waals surface area contributed by atoms with E-state index in [2.05, 4.69) is 15.5 Å². The number of hydrogen-bond acceptors (Lipinski definition) is 3. The molecule has 2 heterocycles. The highest BCUT2D eigenvalue weighted by atomic mass is 35.5. The van der Waals surface area contributed by atoms with E-state index >= 15 is 0 Å². The highest BCUT2D eigenvalue weighted by Gasteiger charge is 2.14. The molecule has 0 saturated carbocycles. The molecular formula is C17H18ClN5O. The van der Waals surface area contributed by atoms with Crippen LogP contribution >= 0.6 is 11.6 Å². The molecule has 3 aromatic rings. The summed E-state index contributed by atoms with van der Waals surface area (Å²) in [6.45, 7) is 5.19. The molecule has 0 spiro atoms. The van der Waals surface area contributed by atoms with Gasteiger partial charge in [0.2, 0.25) is 0 Å². The molecule has 24 heavy (non-hydrogen) atoms. The Morgan fingerprint density at radius 2 is 2.12 bits per heavy atom. The van der Waals surface area contributed by atoms with Crippen LogP contribution in [0.2, 0.25) is 5.02 Å². The van der Waals surface area contributed by atoms with Gasteiger partial charge in [-0.1, -0.05) is 23.7 Å². The number of aromatic nitrogens is 4. The Morgan fingerprint density at radius 3 is 2.83 bits per heavy atom. The Hall–Kier alpha value is -2.60. The number of amides is 1. The van der Waals surface area contributed by atoms with Crippen molar-refractivity contribution >= 4 is 23.2 Å². The van der Waals surface area contributed by atoms with E-state index in [1.165, 1.54) is 0 Å². The zero-order valence-corrected chi connectivity index (χ0v) is 14.3. The molecular weight excluding hydrogens is 326 g/mol. The number of nitrogens with one attached hydrogen (secondary N) is 1. The average molecular weight is 344 g/mol. The van der Waals surface area contributed by atoms with Gasteiger partial charge < -0.3 is 5.32 Å². The third-order valence-electron chi connectivity index (χ3n) is 3.77. The van der Waals surface area contributed by atoms with E-state index < -0.39 is 0 Å². The van der Waals surface area contributed by atoms with E-state index in [9.17, 15) is 4.79 Å². The summed E-state index contributed by atoms with van der Waals surface area (Å²) in [5.74, 6) is -0.186. The van der Waals surface area contributed by atoms with Gasteiger partial charge in [-0.25, -0.2) is 0 Å². The van der Waals surface area contributed by atoms with Gasteiger partial charge in [-0.15, -0.1) is 0 Å². The largest absolute Gasteiger partial charge is 0.319 e. The number of halogens is 1. The van der Waals surface area contributed by atoms with Crippen molar-refractivity contribution in [3.05, 3.63) is 64.7 Å². The summed E-state index contributed by atoms with van der Waals surface area (Å²) in [6.07, 6.45) is 5.00.